The van der Waals surface area contributed by atoms with Crippen molar-refractivity contribution in [2.24, 2.45) is 0 Å². The van der Waals surface area contributed by atoms with Gasteiger partial charge >= 0.3 is 0 Å². The predicted octanol–water partition coefficient (Wildman–Crippen LogP) is 6.59. The van der Waals surface area contributed by atoms with Crippen LogP contribution in [0.2, 0.25) is 5.02 Å². The van der Waals surface area contributed by atoms with Gasteiger partial charge in [0, 0.05) is 34.3 Å². The smallest absolute Gasteiger partial charge is 0.156 e. The van der Waals surface area contributed by atoms with Crippen LogP contribution in [0.25, 0.3) is 28.1 Å². The van der Waals surface area contributed by atoms with E-state index in [0.29, 0.717) is 0 Å². The van der Waals surface area contributed by atoms with Gasteiger partial charge in [-0.05, 0) is 49.2 Å². The average Bonchev–Trinajstić information content (AvgIpc) is 2.96. The van der Waals surface area contributed by atoms with Crippen molar-refractivity contribution in [2.75, 3.05) is 0 Å². The quantitative estimate of drug-likeness (QED) is 0.344. The first-order valence-corrected chi connectivity index (χ1v) is 9.95. The summed E-state index contributed by atoms with van der Waals surface area (Å²) in [6.45, 7) is 4.62. The Labute approximate surface area is 170 Å². The monoisotopic (exact) mass is 382 g/mol. The molecule has 0 saturated carbocycles. The Morgan fingerprint density at radius 1 is 0.679 bits per heavy atom. The van der Waals surface area contributed by atoms with E-state index in [4.69, 9.17) is 11.6 Å². The zero-order chi connectivity index (χ0) is 19.3. The van der Waals surface area contributed by atoms with E-state index in [1.807, 2.05) is 12.1 Å². The first kappa shape index (κ1) is 17.2. The molecule has 1 aromatic heterocycles. The number of hydrogen-bond donors (Lipinski definition) is 0. The molecule has 0 aliphatic carbocycles. The van der Waals surface area contributed by atoms with Crippen molar-refractivity contribution in [3.8, 4) is 28.1 Å². The van der Waals surface area contributed by atoms with Gasteiger partial charge in [-0.15, -0.1) is 0 Å². The first-order chi connectivity index (χ1) is 13.6. The average molecular weight is 383 g/mol. The lowest BCUT2D eigenvalue weighted by atomic mass is 9.82. The van der Waals surface area contributed by atoms with E-state index in [-0.39, 0.29) is 5.41 Å². The Morgan fingerprint density at radius 2 is 1.36 bits per heavy atom. The van der Waals surface area contributed by atoms with Gasteiger partial charge in [-0.2, -0.15) is 4.57 Å². The molecule has 28 heavy (non-hydrogen) atoms. The standard InChI is InChI=1S/C26H21ClN/c1-26(2)22-10-6-7-11-23(22)28-24(19-12-14-21(27)15-13-19)16-20(17-25(26)28)18-8-4-3-5-9-18/h3-17H,1-2H3/q+1. The lowest BCUT2D eigenvalue weighted by molar-refractivity contribution is -0.588. The fourth-order valence-corrected chi connectivity index (χ4v) is 4.41. The number of fused-ring (bicyclic) bond motifs is 3. The summed E-state index contributed by atoms with van der Waals surface area (Å²) in [5.74, 6) is 0. The number of nitrogens with zero attached hydrogens (tertiary/aromatic N) is 1. The zero-order valence-electron chi connectivity index (χ0n) is 16.0. The summed E-state index contributed by atoms with van der Waals surface area (Å²) in [5, 5.41) is 0.755. The van der Waals surface area contributed by atoms with Gasteiger partial charge in [0.25, 0.3) is 0 Å². The summed E-state index contributed by atoms with van der Waals surface area (Å²) in [7, 11) is 0. The van der Waals surface area contributed by atoms with Gasteiger partial charge in [-0.25, -0.2) is 0 Å². The summed E-state index contributed by atoms with van der Waals surface area (Å²) in [4.78, 5) is 0. The van der Waals surface area contributed by atoms with Crippen molar-refractivity contribution < 1.29 is 4.57 Å². The molecule has 0 amide bonds. The number of rotatable bonds is 2. The third-order valence-corrected chi connectivity index (χ3v) is 6.02. The molecule has 0 unspecified atom stereocenters. The van der Waals surface area contributed by atoms with Crippen LogP contribution in [0.1, 0.15) is 25.1 Å². The molecule has 5 rings (SSSR count). The molecule has 0 spiro atoms. The maximum atomic E-state index is 6.16. The van der Waals surface area contributed by atoms with Gasteiger partial charge in [0.15, 0.2) is 5.69 Å². The van der Waals surface area contributed by atoms with Crippen LogP contribution in [0.4, 0.5) is 0 Å². The molecule has 0 atom stereocenters. The highest BCUT2D eigenvalue weighted by atomic mass is 35.5. The fraction of sp³-hybridized carbons (Fsp3) is 0.115. The summed E-state index contributed by atoms with van der Waals surface area (Å²) in [6, 6.07) is 32.1. The van der Waals surface area contributed by atoms with Gasteiger partial charge in [0.2, 0.25) is 11.4 Å². The largest absolute Gasteiger partial charge is 0.219 e. The normalized spacial score (nSPS) is 13.8. The summed E-state index contributed by atoms with van der Waals surface area (Å²) in [6.07, 6.45) is 0. The lowest BCUT2D eigenvalue weighted by Gasteiger charge is -2.15. The van der Waals surface area contributed by atoms with Gasteiger partial charge in [-0.1, -0.05) is 60.1 Å². The van der Waals surface area contributed by atoms with Crippen molar-refractivity contribution in [3.05, 3.63) is 107 Å². The van der Waals surface area contributed by atoms with Gasteiger partial charge < -0.3 is 0 Å². The molecule has 0 bridgehead atoms. The van der Waals surface area contributed by atoms with E-state index in [2.05, 4.69) is 97.3 Å². The topological polar surface area (TPSA) is 3.88 Å². The number of halogens is 1. The Morgan fingerprint density at radius 3 is 2.11 bits per heavy atom. The van der Waals surface area contributed by atoms with Crippen LogP contribution in [-0.2, 0) is 5.41 Å². The Balaban J connectivity index is 1.86. The SMILES string of the molecule is CC1(C)c2ccccc2-[n+]2c(-c3ccc(Cl)cc3)cc(-c3ccccc3)cc21. The number of benzene rings is 3. The van der Waals surface area contributed by atoms with Gasteiger partial charge in [0.05, 0.1) is 5.41 Å². The lowest BCUT2D eigenvalue weighted by Crippen LogP contribution is -2.37. The number of aromatic nitrogens is 1. The van der Waals surface area contributed by atoms with Gasteiger partial charge in [0.1, 0.15) is 0 Å². The van der Waals surface area contributed by atoms with Crippen molar-refractivity contribution in [3.63, 3.8) is 0 Å². The molecule has 1 aliphatic rings. The number of para-hydroxylation sites is 1. The molecule has 136 valence electrons. The van der Waals surface area contributed by atoms with Crippen LogP contribution in [0.3, 0.4) is 0 Å². The van der Waals surface area contributed by atoms with E-state index in [9.17, 15) is 0 Å². The van der Waals surface area contributed by atoms with Crippen LogP contribution < -0.4 is 4.57 Å². The van der Waals surface area contributed by atoms with Gasteiger partial charge in [-0.3, -0.25) is 0 Å². The molecular weight excluding hydrogens is 362 g/mol. The Kier molecular flexibility index (Phi) is 3.89. The van der Waals surface area contributed by atoms with Crippen LogP contribution in [0, 0.1) is 0 Å². The second-order valence-corrected chi connectivity index (χ2v) is 8.30. The second kappa shape index (κ2) is 6.32. The molecule has 4 aromatic rings. The molecular formula is C26H21ClN+. The second-order valence-electron chi connectivity index (χ2n) is 7.86. The van der Waals surface area contributed by atoms with E-state index >= 15 is 0 Å². The van der Waals surface area contributed by atoms with Crippen LogP contribution in [-0.4, -0.2) is 0 Å². The molecule has 0 saturated heterocycles. The molecule has 2 heteroatoms. The molecule has 0 radical (unpaired) electrons. The molecule has 2 heterocycles. The molecule has 1 aliphatic heterocycles. The van der Waals surface area contributed by atoms with Crippen molar-refractivity contribution in [1.82, 2.24) is 0 Å². The zero-order valence-corrected chi connectivity index (χ0v) is 16.7. The van der Waals surface area contributed by atoms with Crippen LogP contribution >= 0.6 is 11.6 Å². The molecule has 3 aromatic carbocycles. The van der Waals surface area contributed by atoms with Crippen molar-refractivity contribution in [2.45, 2.75) is 19.3 Å². The van der Waals surface area contributed by atoms with Crippen molar-refractivity contribution in [1.29, 1.82) is 0 Å². The number of hydrogen-bond acceptors (Lipinski definition) is 0. The first-order valence-electron chi connectivity index (χ1n) is 9.57. The van der Waals surface area contributed by atoms with E-state index < -0.39 is 0 Å². The van der Waals surface area contributed by atoms with E-state index in [1.54, 1.807) is 0 Å². The molecule has 1 nitrogen and oxygen atoms in total. The fourth-order valence-electron chi connectivity index (χ4n) is 4.28. The summed E-state index contributed by atoms with van der Waals surface area (Å²) in [5.41, 5.74) is 8.66. The third-order valence-electron chi connectivity index (χ3n) is 5.77. The predicted molar refractivity (Wildman–Crippen MR) is 116 cm³/mol. The Bertz CT molecular complexity index is 1170. The van der Waals surface area contributed by atoms with Crippen LogP contribution in [0.15, 0.2) is 91.0 Å². The highest BCUT2D eigenvalue weighted by molar-refractivity contribution is 6.30. The summed E-state index contributed by atoms with van der Waals surface area (Å²) < 4.78 is 2.41. The minimum atomic E-state index is -0.0669. The maximum absolute atomic E-state index is 6.16. The highest BCUT2D eigenvalue weighted by Gasteiger charge is 2.45. The summed E-state index contributed by atoms with van der Waals surface area (Å²) >= 11 is 6.16. The highest BCUT2D eigenvalue weighted by Crippen LogP contribution is 2.41. The molecule has 0 fully saturated rings. The van der Waals surface area contributed by atoms with E-state index in [0.717, 1.165) is 10.6 Å². The Hall–Kier alpha value is -2.90. The minimum Gasteiger partial charge on any atom is -0.156 e. The number of pyridine rings is 1. The van der Waals surface area contributed by atoms with Crippen LogP contribution in [0.5, 0.6) is 0 Å². The third kappa shape index (κ3) is 2.58. The van der Waals surface area contributed by atoms with E-state index in [1.165, 1.54) is 33.8 Å². The maximum Gasteiger partial charge on any atom is 0.219 e. The van der Waals surface area contributed by atoms with Crippen molar-refractivity contribution >= 4 is 11.6 Å². The molecule has 0 N–H and O–H groups in total. The minimum absolute atomic E-state index is 0.0669.